The summed E-state index contributed by atoms with van der Waals surface area (Å²) in [7, 11) is 0. The number of benzene rings is 2. The average molecular weight is 416 g/mol. The molecule has 0 radical (unpaired) electrons. The van der Waals surface area contributed by atoms with Crippen LogP contribution in [0.4, 0.5) is 0 Å². The monoisotopic (exact) mass is 415 g/mol. The molecule has 31 heavy (non-hydrogen) atoms. The third kappa shape index (κ3) is 3.20. The molecule has 4 heteroatoms. The van der Waals surface area contributed by atoms with Crippen LogP contribution >= 0.6 is 0 Å². The number of ketones is 2. The number of phenolic OH excluding ortho intramolecular Hbond substituents is 1. The summed E-state index contributed by atoms with van der Waals surface area (Å²) < 4.78 is 0. The van der Waals surface area contributed by atoms with Gasteiger partial charge in [0.15, 0.2) is 11.6 Å². The van der Waals surface area contributed by atoms with Crippen molar-refractivity contribution in [1.82, 2.24) is 5.32 Å². The number of nitrogens with one attached hydrogen (secondary N) is 1. The van der Waals surface area contributed by atoms with Crippen molar-refractivity contribution in [2.24, 2.45) is 10.8 Å². The topological polar surface area (TPSA) is 66.4 Å². The molecule has 2 aromatic rings. The van der Waals surface area contributed by atoms with Crippen molar-refractivity contribution in [2.45, 2.75) is 59.3 Å². The summed E-state index contributed by atoms with van der Waals surface area (Å²) in [6, 6.07) is 11.5. The molecule has 0 amide bonds. The van der Waals surface area contributed by atoms with Gasteiger partial charge in [-0.3, -0.25) is 9.59 Å². The predicted octanol–water partition coefficient (Wildman–Crippen LogP) is 5.52. The van der Waals surface area contributed by atoms with E-state index in [2.05, 4.69) is 33.0 Å². The van der Waals surface area contributed by atoms with Crippen molar-refractivity contribution in [1.29, 1.82) is 0 Å². The van der Waals surface area contributed by atoms with Crippen LogP contribution in [0.1, 0.15) is 64.9 Å². The normalized spacial score (nSPS) is 23.0. The van der Waals surface area contributed by atoms with Crippen LogP contribution < -0.4 is 5.32 Å². The Hall–Kier alpha value is -2.88. The van der Waals surface area contributed by atoms with E-state index in [1.165, 1.54) is 0 Å². The number of phenols is 1. The minimum atomic E-state index is -0.524. The summed E-state index contributed by atoms with van der Waals surface area (Å²) in [6.45, 7) is 8.45. The van der Waals surface area contributed by atoms with E-state index in [0.717, 1.165) is 35.0 Å². The second-order valence-corrected chi connectivity index (χ2v) is 10.9. The lowest BCUT2D eigenvalue weighted by Gasteiger charge is -2.44. The Kier molecular flexibility index (Phi) is 4.24. The second kappa shape index (κ2) is 6.56. The van der Waals surface area contributed by atoms with E-state index in [1.807, 2.05) is 30.3 Å². The molecule has 0 fully saturated rings. The van der Waals surface area contributed by atoms with Crippen LogP contribution in [0, 0.1) is 10.8 Å². The summed E-state index contributed by atoms with van der Waals surface area (Å²) in [5.41, 5.74) is 3.57. The first kappa shape index (κ1) is 20.0. The zero-order chi connectivity index (χ0) is 22.1. The van der Waals surface area contributed by atoms with Gasteiger partial charge in [0.05, 0.1) is 0 Å². The van der Waals surface area contributed by atoms with Crippen LogP contribution in [0.25, 0.3) is 10.8 Å². The van der Waals surface area contributed by atoms with E-state index in [-0.39, 0.29) is 28.1 Å². The molecule has 0 aromatic heterocycles. The van der Waals surface area contributed by atoms with Gasteiger partial charge < -0.3 is 10.4 Å². The number of dihydropyridines is 1. The maximum absolute atomic E-state index is 13.5. The molecule has 2 N–H and O–H groups in total. The molecule has 5 rings (SSSR count). The minimum absolute atomic E-state index is 0.0697. The molecule has 0 bridgehead atoms. The van der Waals surface area contributed by atoms with Crippen molar-refractivity contribution in [3.8, 4) is 5.75 Å². The van der Waals surface area contributed by atoms with Gasteiger partial charge in [-0.15, -0.1) is 0 Å². The van der Waals surface area contributed by atoms with Crippen molar-refractivity contribution in [2.75, 3.05) is 0 Å². The van der Waals surface area contributed by atoms with Gasteiger partial charge in [-0.2, -0.15) is 0 Å². The molecule has 0 saturated heterocycles. The first-order chi connectivity index (χ1) is 14.6. The fourth-order valence-corrected chi connectivity index (χ4v) is 5.77. The van der Waals surface area contributed by atoms with Crippen molar-refractivity contribution in [3.05, 3.63) is 64.5 Å². The van der Waals surface area contributed by atoms with Gasteiger partial charge in [-0.25, -0.2) is 0 Å². The number of aromatic hydroxyl groups is 1. The van der Waals surface area contributed by atoms with Crippen LogP contribution in [-0.4, -0.2) is 16.7 Å². The van der Waals surface area contributed by atoms with E-state index in [4.69, 9.17) is 0 Å². The highest BCUT2D eigenvalue weighted by molar-refractivity contribution is 6.08. The number of hydrogen-bond donors (Lipinski definition) is 2. The van der Waals surface area contributed by atoms with E-state index >= 15 is 0 Å². The van der Waals surface area contributed by atoms with Gasteiger partial charge in [-0.05, 0) is 40.5 Å². The molecular formula is C27H29NO3. The van der Waals surface area contributed by atoms with Crippen LogP contribution in [-0.2, 0) is 9.59 Å². The molecule has 1 heterocycles. The fraction of sp³-hybridized carbons (Fsp3) is 0.407. The van der Waals surface area contributed by atoms with Gasteiger partial charge in [0, 0.05) is 46.9 Å². The molecule has 0 saturated carbocycles. The second-order valence-electron chi connectivity index (χ2n) is 10.9. The molecule has 3 aliphatic rings. The summed E-state index contributed by atoms with van der Waals surface area (Å²) in [4.78, 5) is 26.9. The largest absolute Gasteiger partial charge is 0.508 e. The van der Waals surface area contributed by atoms with E-state index in [1.54, 1.807) is 6.07 Å². The number of carbonyl (C=O) groups excluding carboxylic acids is 2. The summed E-state index contributed by atoms with van der Waals surface area (Å²) in [6.07, 6.45) is 2.39. The number of carbonyl (C=O) groups is 2. The predicted molar refractivity (Wildman–Crippen MR) is 122 cm³/mol. The van der Waals surface area contributed by atoms with Gasteiger partial charge >= 0.3 is 0 Å². The number of hydrogen-bond acceptors (Lipinski definition) is 4. The first-order valence-electron chi connectivity index (χ1n) is 11.1. The number of Topliss-reactive ketones (excluding diaryl/α,β-unsaturated/α-hetero) is 2. The third-order valence-electron chi connectivity index (χ3n) is 6.96. The maximum Gasteiger partial charge on any atom is 0.162 e. The number of rotatable bonds is 1. The zero-order valence-electron chi connectivity index (χ0n) is 18.6. The molecule has 160 valence electrons. The molecule has 2 aromatic carbocycles. The van der Waals surface area contributed by atoms with Gasteiger partial charge in [-0.1, -0.05) is 58.0 Å². The lowest BCUT2D eigenvalue weighted by atomic mass is 9.64. The summed E-state index contributed by atoms with van der Waals surface area (Å²) >= 11 is 0. The van der Waals surface area contributed by atoms with E-state index < -0.39 is 5.92 Å². The first-order valence-corrected chi connectivity index (χ1v) is 11.1. The number of allylic oxidation sites excluding steroid dienone is 4. The van der Waals surface area contributed by atoms with Crippen LogP contribution in [0.15, 0.2) is 58.9 Å². The van der Waals surface area contributed by atoms with Crippen LogP contribution in [0.2, 0.25) is 0 Å². The lowest BCUT2D eigenvalue weighted by Crippen LogP contribution is -2.42. The minimum Gasteiger partial charge on any atom is -0.508 e. The van der Waals surface area contributed by atoms with Crippen LogP contribution in [0.5, 0.6) is 5.75 Å². The molecule has 0 spiro atoms. The number of fused-ring (bicyclic) bond motifs is 1. The Morgan fingerprint density at radius 1 is 0.806 bits per heavy atom. The van der Waals surface area contributed by atoms with Gasteiger partial charge in [0.1, 0.15) is 5.75 Å². The standard InChI is InChI=1S/C27H29NO3/c1-26(2)11-17-23(20(30)13-26)25(24-18(28-17)12-27(3,4)14-21(24)31)22-16-8-6-5-7-15(16)9-10-19(22)29/h5-10,25,28-29H,11-14H2,1-4H3. The third-order valence-corrected chi connectivity index (χ3v) is 6.96. The zero-order valence-corrected chi connectivity index (χ0v) is 18.6. The molecule has 2 aliphatic carbocycles. The summed E-state index contributed by atoms with van der Waals surface area (Å²) in [5.74, 6) is -0.246. The Morgan fingerprint density at radius 3 is 1.94 bits per heavy atom. The molecule has 0 atom stereocenters. The molecular weight excluding hydrogens is 386 g/mol. The lowest BCUT2D eigenvalue weighted by molar-refractivity contribution is -0.119. The highest BCUT2D eigenvalue weighted by Gasteiger charge is 2.47. The fourth-order valence-electron chi connectivity index (χ4n) is 5.77. The van der Waals surface area contributed by atoms with Crippen molar-refractivity contribution < 1.29 is 14.7 Å². The Morgan fingerprint density at radius 2 is 1.35 bits per heavy atom. The smallest absolute Gasteiger partial charge is 0.162 e. The average Bonchev–Trinajstić information content (AvgIpc) is 2.64. The van der Waals surface area contributed by atoms with Crippen molar-refractivity contribution in [3.63, 3.8) is 0 Å². The SMILES string of the molecule is CC1(C)CC(=O)C2=C(C1)NC1=C(C(=O)CC(C)(C)C1)C2c1c(O)ccc2ccccc12. The quantitative estimate of drug-likeness (QED) is 0.644. The van der Waals surface area contributed by atoms with Gasteiger partial charge in [0.25, 0.3) is 0 Å². The summed E-state index contributed by atoms with van der Waals surface area (Å²) in [5, 5.41) is 16.4. The maximum atomic E-state index is 13.5. The van der Waals surface area contributed by atoms with E-state index in [0.29, 0.717) is 29.6 Å². The Balaban J connectivity index is 1.82. The molecule has 0 unspecified atom stereocenters. The van der Waals surface area contributed by atoms with Gasteiger partial charge in [0.2, 0.25) is 0 Å². The highest BCUT2D eigenvalue weighted by atomic mass is 16.3. The molecule has 1 aliphatic heterocycles. The molecule has 4 nitrogen and oxygen atoms in total. The van der Waals surface area contributed by atoms with Crippen LogP contribution in [0.3, 0.4) is 0 Å². The highest BCUT2D eigenvalue weighted by Crippen LogP contribution is 2.53. The van der Waals surface area contributed by atoms with E-state index in [9.17, 15) is 14.7 Å². The Labute approximate surface area is 183 Å². The Bertz CT molecular complexity index is 1160. The van der Waals surface area contributed by atoms with Crippen molar-refractivity contribution >= 4 is 22.3 Å².